The highest BCUT2D eigenvalue weighted by Gasteiger charge is 2.15. The molecule has 0 aromatic carbocycles. The molecule has 1 aliphatic rings. The van der Waals surface area contributed by atoms with E-state index in [1.54, 1.807) is 0 Å². The van der Waals surface area contributed by atoms with Gasteiger partial charge in [-0.15, -0.1) is 0 Å². The summed E-state index contributed by atoms with van der Waals surface area (Å²) in [5, 5.41) is 3.52. The van der Waals surface area contributed by atoms with E-state index in [1.165, 1.54) is 30.9 Å². The molecule has 0 aliphatic carbocycles. The third-order valence-corrected chi connectivity index (χ3v) is 3.72. The molecular formula is C10H21NS. The minimum atomic E-state index is 0.489. The molecule has 1 nitrogen and oxygen atoms in total. The number of hydrogen-bond acceptors (Lipinski definition) is 2. The Morgan fingerprint density at radius 2 is 2.17 bits per heavy atom. The summed E-state index contributed by atoms with van der Waals surface area (Å²) in [6, 6.07) is 0.803. The second-order valence-corrected chi connectivity index (χ2v) is 5.90. The SMILES string of the molecule is CC(C)(C)CSCC1CCCN1. The van der Waals surface area contributed by atoms with Gasteiger partial charge in [0, 0.05) is 11.8 Å². The van der Waals surface area contributed by atoms with E-state index in [0.717, 1.165) is 6.04 Å². The van der Waals surface area contributed by atoms with Crippen LogP contribution in [0.15, 0.2) is 0 Å². The molecule has 0 aromatic heterocycles. The summed E-state index contributed by atoms with van der Waals surface area (Å²) < 4.78 is 0. The molecule has 1 fully saturated rings. The van der Waals surface area contributed by atoms with E-state index in [9.17, 15) is 0 Å². The average Bonchev–Trinajstić information content (AvgIpc) is 2.36. The minimum absolute atomic E-state index is 0.489. The van der Waals surface area contributed by atoms with Crippen molar-refractivity contribution in [3.8, 4) is 0 Å². The van der Waals surface area contributed by atoms with Crippen molar-refractivity contribution in [3.05, 3.63) is 0 Å². The molecule has 0 amide bonds. The Bertz CT molecular complexity index is 122. The van der Waals surface area contributed by atoms with Gasteiger partial charge in [0.1, 0.15) is 0 Å². The van der Waals surface area contributed by atoms with Gasteiger partial charge in [-0.25, -0.2) is 0 Å². The highest BCUT2D eigenvalue weighted by Crippen LogP contribution is 2.22. The van der Waals surface area contributed by atoms with E-state index in [2.05, 4.69) is 37.8 Å². The second kappa shape index (κ2) is 4.52. The van der Waals surface area contributed by atoms with Crippen molar-refractivity contribution in [1.29, 1.82) is 0 Å². The van der Waals surface area contributed by atoms with Gasteiger partial charge >= 0.3 is 0 Å². The summed E-state index contributed by atoms with van der Waals surface area (Å²) in [5.74, 6) is 2.59. The van der Waals surface area contributed by atoms with Gasteiger partial charge in [0.2, 0.25) is 0 Å². The van der Waals surface area contributed by atoms with Crippen LogP contribution in [0.4, 0.5) is 0 Å². The molecule has 1 rings (SSSR count). The zero-order chi connectivity index (χ0) is 9.03. The van der Waals surface area contributed by atoms with Crippen LogP contribution in [0.25, 0.3) is 0 Å². The van der Waals surface area contributed by atoms with Crippen LogP contribution >= 0.6 is 11.8 Å². The number of hydrogen-bond donors (Lipinski definition) is 1. The molecular weight excluding hydrogens is 166 g/mol. The standard InChI is InChI=1S/C10H21NS/c1-10(2,3)8-12-7-9-5-4-6-11-9/h9,11H,4-8H2,1-3H3. The first-order chi connectivity index (χ1) is 5.58. The minimum Gasteiger partial charge on any atom is -0.313 e. The molecule has 1 aliphatic heterocycles. The molecule has 12 heavy (non-hydrogen) atoms. The molecule has 1 N–H and O–H groups in total. The van der Waals surface area contributed by atoms with Crippen LogP contribution in [0.5, 0.6) is 0 Å². The van der Waals surface area contributed by atoms with Crippen molar-refractivity contribution in [2.75, 3.05) is 18.1 Å². The molecule has 1 unspecified atom stereocenters. The Morgan fingerprint density at radius 1 is 1.42 bits per heavy atom. The summed E-state index contributed by atoms with van der Waals surface area (Å²) in [4.78, 5) is 0. The van der Waals surface area contributed by atoms with Crippen molar-refractivity contribution in [2.24, 2.45) is 5.41 Å². The summed E-state index contributed by atoms with van der Waals surface area (Å²) in [7, 11) is 0. The Kier molecular flexibility index (Phi) is 3.91. The number of rotatable bonds is 3. The molecule has 0 saturated carbocycles. The van der Waals surface area contributed by atoms with Crippen molar-refractivity contribution in [2.45, 2.75) is 39.7 Å². The van der Waals surface area contributed by atoms with Crippen LogP contribution in [-0.4, -0.2) is 24.1 Å². The zero-order valence-corrected chi connectivity index (χ0v) is 9.34. The van der Waals surface area contributed by atoms with Gasteiger partial charge in [-0.05, 0) is 30.6 Å². The lowest BCUT2D eigenvalue weighted by Crippen LogP contribution is -2.24. The smallest absolute Gasteiger partial charge is 0.0158 e. The van der Waals surface area contributed by atoms with E-state index in [0.29, 0.717) is 5.41 Å². The predicted octanol–water partition coefficient (Wildman–Crippen LogP) is 2.52. The predicted molar refractivity (Wildman–Crippen MR) is 57.8 cm³/mol. The molecule has 72 valence electrons. The lowest BCUT2D eigenvalue weighted by atomic mass is 10.0. The topological polar surface area (TPSA) is 12.0 Å². The Hall–Kier alpha value is 0.310. The maximum absolute atomic E-state index is 3.52. The summed E-state index contributed by atoms with van der Waals surface area (Å²) >= 11 is 2.09. The first kappa shape index (κ1) is 10.4. The van der Waals surface area contributed by atoms with Crippen LogP contribution in [0, 0.1) is 5.41 Å². The number of nitrogens with one attached hydrogen (secondary N) is 1. The van der Waals surface area contributed by atoms with Gasteiger partial charge < -0.3 is 5.32 Å². The van der Waals surface area contributed by atoms with Crippen LogP contribution in [0.2, 0.25) is 0 Å². The number of thioether (sulfide) groups is 1. The third kappa shape index (κ3) is 4.36. The quantitative estimate of drug-likeness (QED) is 0.728. The fourth-order valence-corrected chi connectivity index (χ4v) is 2.71. The largest absolute Gasteiger partial charge is 0.313 e. The molecule has 1 heterocycles. The zero-order valence-electron chi connectivity index (χ0n) is 8.52. The van der Waals surface area contributed by atoms with E-state index in [1.807, 2.05) is 0 Å². The van der Waals surface area contributed by atoms with Crippen molar-refractivity contribution >= 4 is 11.8 Å². The highest BCUT2D eigenvalue weighted by atomic mass is 32.2. The van der Waals surface area contributed by atoms with Crippen molar-refractivity contribution in [3.63, 3.8) is 0 Å². The molecule has 0 radical (unpaired) electrons. The van der Waals surface area contributed by atoms with Crippen molar-refractivity contribution < 1.29 is 0 Å². The van der Waals surface area contributed by atoms with Gasteiger partial charge in [-0.3, -0.25) is 0 Å². The van der Waals surface area contributed by atoms with Gasteiger partial charge in [0.05, 0.1) is 0 Å². The second-order valence-electron chi connectivity index (χ2n) is 4.87. The molecule has 0 spiro atoms. The first-order valence-corrected chi connectivity index (χ1v) is 6.04. The van der Waals surface area contributed by atoms with Crippen LogP contribution < -0.4 is 5.32 Å². The fraction of sp³-hybridized carbons (Fsp3) is 1.00. The molecule has 0 aromatic rings. The average molecular weight is 187 g/mol. The van der Waals surface area contributed by atoms with E-state index >= 15 is 0 Å². The van der Waals surface area contributed by atoms with Crippen LogP contribution in [-0.2, 0) is 0 Å². The normalized spacial score (nSPS) is 24.8. The van der Waals surface area contributed by atoms with Crippen LogP contribution in [0.3, 0.4) is 0 Å². The van der Waals surface area contributed by atoms with Crippen molar-refractivity contribution in [1.82, 2.24) is 5.32 Å². The van der Waals surface area contributed by atoms with Gasteiger partial charge in [-0.2, -0.15) is 11.8 Å². The maximum Gasteiger partial charge on any atom is 0.0158 e. The van der Waals surface area contributed by atoms with Gasteiger partial charge in [0.25, 0.3) is 0 Å². The summed E-state index contributed by atoms with van der Waals surface area (Å²) in [6.07, 6.45) is 2.76. The summed E-state index contributed by atoms with van der Waals surface area (Å²) in [5.41, 5.74) is 0.489. The monoisotopic (exact) mass is 187 g/mol. The molecule has 1 atom stereocenters. The lowest BCUT2D eigenvalue weighted by molar-refractivity contribution is 0.480. The molecule has 2 heteroatoms. The van der Waals surface area contributed by atoms with E-state index in [4.69, 9.17) is 0 Å². The first-order valence-electron chi connectivity index (χ1n) is 4.89. The summed E-state index contributed by atoms with van der Waals surface area (Å²) in [6.45, 7) is 8.16. The Morgan fingerprint density at radius 3 is 2.67 bits per heavy atom. The third-order valence-electron chi connectivity index (χ3n) is 2.02. The van der Waals surface area contributed by atoms with Gasteiger partial charge in [-0.1, -0.05) is 20.8 Å². The fourth-order valence-electron chi connectivity index (χ4n) is 1.41. The van der Waals surface area contributed by atoms with Gasteiger partial charge in [0.15, 0.2) is 0 Å². The lowest BCUT2D eigenvalue weighted by Gasteiger charge is -2.18. The van der Waals surface area contributed by atoms with E-state index in [-0.39, 0.29) is 0 Å². The van der Waals surface area contributed by atoms with Crippen LogP contribution in [0.1, 0.15) is 33.6 Å². The highest BCUT2D eigenvalue weighted by molar-refractivity contribution is 7.99. The maximum atomic E-state index is 3.52. The van der Waals surface area contributed by atoms with E-state index < -0.39 is 0 Å². The Labute approximate surface area is 80.7 Å². The molecule has 1 saturated heterocycles. The Balaban J connectivity index is 2.02. The molecule has 0 bridgehead atoms.